The van der Waals surface area contributed by atoms with Gasteiger partial charge >= 0.3 is 0 Å². The number of benzene rings is 1. The van der Waals surface area contributed by atoms with Crippen molar-refractivity contribution in [3.8, 4) is 0 Å². The zero-order valence-corrected chi connectivity index (χ0v) is 16.9. The van der Waals surface area contributed by atoms with Gasteiger partial charge in [-0.25, -0.2) is 0 Å². The highest BCUT2D eigenvalue weighted by Gasteiger charge is 2.34. The number of nitrogens with one attached hydrogen (secondary N) is 1. The quantitative estimate of drug-likeness (QED) is 0.644. The summed E-state index contributed by atoms with van der Waals surface area (Å²) in [6.07, 6.45) is 2.52. The normalized spacial score (nSPS) is 16.2. The molecule has 1 fully saturated rings. The predicted molar refractivity (Wildman–Crippen MR) is 108 cm³/mol. The number of carbonyl (C=O) groups excluding carboxylic acids is 2. The second-order valence-electron chi connectivity index (χ2n) is 8.21. The molecule has 0 bridgehead atoms. The van der Waals surface area contributed by atoms with Crippen LogP contribution in [0.25, 0.3) is 11.0 Å². The van der Waals surface area contributed by atoms with Gasteiger partial charge in [0.05, 0.1) is 12.2 Å². The second kappa shape index (κ2) is 7.47. The molecule has 2 amide bonds. The van der Waals surface area contributed by atoms with E-state index in [1.54, 1.807) is 6.92 Å². The smallest absolute Gasteiger partial charge is 0.256 e. The monoisotopic (exact) mass is 387 g/mol. The van der Waals surface area contributed by atoms with E-state index in [0.717, 1.165) is 18.2 Å². The summed E-state index contributed by atoms with van der Waals surface area (Å²) in [6, 6.07) is 6.17. The fourth-order valence-corrected chi connectivity index (χ4v) is 3.35. The van der Waals surface area contributed by atoms with E-state index in [1.165, 1.54) is 19.8 Å². The number of hydrogen-bond acceptors (Lipinski definition) is 5. The third-order valence-corrected chi connectivity index (χ3v) is 5.43. The summed E-state index contributed by atoms with van der Waals surface area (Å²) >= 11 is 0. The summed E-state index contributed by atoms with van der Waals surface area (Å²) < 4.78 is 5.76. The van der Waals surface area contributed by atoms with Crippen LogP contribution in [0.4, 0.5) is 5.69 Å². The Morgan fingerprint density at radius 1 is 1.39 bits per heavy atom. The number of amides is 2. The summed E-state index contributed by atoms with van der Waals surface area (Å²) in [6.45, 7) is 7.81. The predicted octanol–water partition coefficient (Wildman–Crippen LogP) is 2.33. The molecule has 7 nitrogen and oxygen atoms in total. The average Bonchev–Trinajstić information content (AvgIpc) is 3.39. The lowest BCUT2D eigenvalue weighted by atomic mass is 10.0. The van der Waals surface area contributed by atoms with Gasteiger partial charge in [0.2, 0.25) is 5.91 Å². The molecule has 0 unspecified atom stereocenters. The first-order chi connectivity index (χ1) is 13.2. The summed E-state index contributed by atoms with van der Waals surface area (Å²) in [5.74, 6) is -0.118. The Kier molecular flexibility index (Phi) is 5.39. The Hall–Kier alpha value is -2.54. The number of aliphatic hydroxyl groups excluding tert-OH is 1. The lowest BCUT2D eigenvalue weighted by Gasteiger charge is -2.29. The molecule has 3 rings (SSSR count). The highest BCUT2D eigenvalue weighted by Crippen LogP contribution is 2.35. The maximum atomic E-state index is 12.9. The molecule has 152 valence electrons. The van der Waals surface area contributed by atoms with Crippen LogP contribution in [0.3, 0.4) is 0 Å². The fourth-order valence-electron chi connectivity index (χ4n) is 3.35. The summed E-state index contributed by atoms with van der Waals surface area (Å²) in [4.78, 5) is 26.9. The standard InChI is InChI=1S/C21H29N3O4/c1-12(2)24(10-14-5-6-14)15-7-8-17-16(9-15)18(13(3)28-17)19(26)23-21(4,11-25)20(22)27/h7-9,12,14,25H,5-6,10-11H2,1-4H3,(H2,22,27)(H,23,26)/t21-/m0/s1. The van der Waals surface area contributed by atoms with Gasteiger partial charge in [-0.2, -0.15) is 0 Å². The maximum absolute atomic E-state index is 12.9. The van der Waals surface area contributed by atoms with E-state index in [0.29, 0.717) is 28.3 Å². The van der Waals surface area contributed by atoms with Crippen LogP contribution in [0, 0.1) is 12.8 Å². The van der Waals surface area contributed by atoms with Gasteiger partial charge in [-0.1, -0.05) is 0 Å². The molecule has 1 aromatic carbocycles. The van der Waals surface area contributed by atoms with Crippen molar-refractivity contribution < 1.29 is 19.1 Å². The van der Waals surface area contributed by atoms with Crippen molar-refractivity contribution in [3.05, 3.63) is 29.5 Å². The van der Waals surface area contributed by atoms with Crippen molar-refractivity contribution in [2.75, 3.05) is 18.1 Å². The Morgan fingerprint density at radius 2 is 2.07 bits per heavy atom. The molecule has 0 aliphatic heterocycles. The van der Waals surface area contributed by atoms with Crippen molar-refractivity contribution in [2.24, 2.45) is 11.7 Å². The summed E-state index contributed by atoms with van der Waals surface area (Å²) in [7, 11) is 0. The van der Waals surface area contributed by atoms with Crippen LogP contribution in [-0.2, 0) is 4.79 Å². The molecule has 28 heavy (non-hydrogen) atoms. The fraction of sp³-hybridized carbons (Fsp3) is 0.524. The van der Waals surface area contributed by atoms with Crippen LogP contribution in [0.2, 0.25) is 0 Å². The largest absolute Gasteiger partial charge is 0.461 e. The number of anilines is 1. The van der Waals surface area contributed by atoms with E-state index >= 15 is 0 Å². The van der Waals surface area contributed by atoms with Gasteiger partial charge in [0.25, 0.3) is 5.91 Å². The van der Waals surface area contributed by atoms with Gasteiger partial charge < -0.3 is 25.5 Å². The first-order valence-corrected chi connectivity index (χ1v) is 9.69. The SMILES string of the molecule is Cc1oc2ccc(N(CC3CC3)C(C)C)cc2c1C(=O)N[C@@](C)(CO)C(N)=O. The Morgan fingerprint density at radius 3 is 2.61 bits per heavy atom. The van der Waals surface area contributed by atoms with E-state index < -0.39 is 24.0 Å². The molecule has 0 spiro atoms. The van der Waals surface area contributed by atoms with E-state index in [9.17, 15) is 14.7 Å². The molecule has 2 aromatic rings. The number of fused-ring (bicyclic) bond motifs is 1. The molecule has 0 radical (unpaired) electrons. The van der Waals surface area contributed by atoms with Gasteiger partial charge in [0, 0.05) is 23.7 Å². The van der Waals surface area contributed by atoms with E-state index in [4.69, 9.17) is 10.2 Å². The number of nitrogens with two attached hydrogens (primary N) is 1. The molecular weight excluding hydrogens is 358 g/mol. The van der Waals surface area contributed by atoms with Crippen molar-refractivity contribution in [1.29, 1.82) is 0 Å². The molecule has 1 aliphatic carbocycles. The number of primary amides is 1. The number of carbonyl (C=O) groups is 2. The zero-order chi connectivity index (χ0) is 20.6. The van der Waals surface area contributed by atoms with Gasteiger partial charge in [-0.15, -0.1) is 0 Å². The third-order valence-electron chi connectivity index (χ3n) is 5.43. The first kappa shape index (κ1) is 20.2. The average molecular weight is 387 g/mol. The lowest BCUT2D eigenvalue weighted by Crippen LogP contribution is -2.57. The van der Waals surface area contributed by atoms with Crippen LogP contribution in [0.15, 0.2) is 22.6 Å². The Balaban J connectivity index is 1.99. The number of aliphatic hydroxyl groups is 1. The van der Waals surface area contributed by atoms with Gasteiger partial charge in [-0.3, -0.25) is 9.59 Å². The first-order valence-electron chi connectivity index (χ1n) is 9.69. The highest BCUT2D eigenvalue weighted by molar-refractivity contribution is 6.09. The van der Waals surface area contributed by atoms with Crippen LogP contribution in [0.5, 0.6) is 0 Å². The Labute approximate surface area is 164 Å². The minimum absolute atomic E-state index is 0.330. The number of hydrogen-bond donors (Lipinski definition) is 3. The molecular formula is C21H29N3O4. The highest BCUT2D eigenvalue weighted by atomic mass is 16.3. The maximum Gasteiger partial charge on any atom is 0.256 e. The molecule has 1 aromatic heterocycles. The van der Waals surface area contributed by atoms with Crippen LogP contribution in [-0.4, -0.2) is 41.7 Å². The summed E-state index contributed by atoms with van der Waals surface area (Å²) in [5.41, 5.74) is 5.79. The zero-order valence-electron chi connectivity index (χ0n) is 16.9. The van der Waals surface area contributed by atoms with Crippen molar-refractivity contribution >= 4 is 28.5 Å². The van der Waals surface area contributed by atoms with E-state index in [2.05, 4.69) is 24.1 Å². The topological polar surface area (TPSA) is 109 Å². The summed E-state index contributed by atoms with van der Waals surface area (Å²) in [5, 5.41) is 12.7. The molecule has 1 atom stereocenters. The Bertz CT molecular complexity index is 900. The second-order valence-corrected chi connectivity index (χ2v) is 8.21. The number of rotatable bonds is 8. The van der Waals surface area contributed by atoms with Gasteiger partial charge in [0.15, 0.2) is 0 Å². The molecule has 1 aliphatic rings. The van der Waals surface area contributed by atoms with Crippen LogP contribution >= 0.6 is 0 Å². The molecule has 7 heteroatoms. The molecule has 1 saturated carbocycles. The minimum Gasteiger partial charge on any atom is -0.461 e. The minimum atomic E-state index is -1.54. The molecule has 1 heterocycles. The van der Waals surface area contributed by atoms with Crippen molar-refractivity contribution in [2.45, 2.75) is 52.1 Å². The van der Waals surface area contributed by atoms with Gasteiger partial charge in [0.1, 0.15) is 16.9 Å². The number of furan rings is 1. The van der Waals surface area contributed by atoms with Crippen LogP contribution < -0.4 is 16.0 Å². The van der Waals surface area contributed by atoms with E-state index in [1.807, 2.05) is 18.2 Å². The molecule has 4 N–H and O–H groups in total. The third kappa shape index (κ3) is 3.85. The van der Waals surface area contributed by atoms with Gasteiger partial charge in [-0.05, 0) is 64.7 Å². The number of nitrogens with zero attached hydrogens (tertiary/aromatic N) is 1. The number of aryl methyl sites for hydroxylation is 1. The van der Waals surface area contributed by atoms with Crippen LogP contribution in [0.1, 0.15) is 49.7 Å². The van der Waals surface area contributed by atoms with E-state index in [-0.39, 0.29) is 0 Å². The van der Waals surface area contributed by atoms with Crippen molar-refractivity contribution in [3.63, 3.8) is 0 Å². The van der Waals surface area contributed by atoms with Crippen molar-refractivity contribution in [1.82, 2.24) is 5.32 Å². The molecule has 0 saturated heterocycles. The lowest BCUT2D eigenvalue weighted by molar-refractivity contribution is -0.124.